The van der Waals surface area contributed by atoms with Gasteiger partial charge >= 0.3 is 12.1 Å². The Morgan fingerprint density at radius 2 is 1.69 bits per heavy atom. The molecule has 35 heavy (non-hydrogen) atoms. The highest BCUT2D eigenvalue weighted by Gasteiger charge is 2.67. The van der Waals surface area contributed by atoms with Crippen molar-refractivity contribution in [3.8, 4) is 11.1 Å². The smallest absolute Gasteiger partial charge is 0.407 e. The van der Waals surface area contributed by atoms with Gasteiger partial charge in [0.1, 0.15) is 12.1 Å². The molecule has 0 radical (unpaired) electrons. The summed E-state index contributed by atoms with van der Waals surface area (Å²) in [5.74, 6) is -1.09. The zero-order valence-electron chi connectivity index (χ0n) is 19.6. The van der Waals surface area contributed by atoms with E-state index >= 15 is 0 Å². The summed E-state index contributed by atoms with van der Waals surface area (Å²) in [6, 6.07) is 16.3. The number of carbonyl (C=O) groups is 3. The highest BCUT2D eigenvalue weighted by atomic mass is 16.5. The number of ether oxygens (including phenoxy) is 1. The van der Waals surface area contributed by atoms with Gasteiger partial charge in [-0.1, -0.05) is 48.5 Å². The van der Waals surface area contributed by atoms with E-state index in [1.165, 1.54) is 22.3 Å². The van der Waals surface area contributed by atoms with Crippen LogP contribution in [0.5, 0.6) is 0 Å². The van der Waals surface area contributed by atoms with Crippen molar-refractivity contribution in [2.45, 2.75) is 56.0 Å². The standard InChI is InChI=1S/C28H30N2O5/c31-25(30-13-5-6-18-15-28(18,30)26(32)33)17-11-12-19(14-17)29-27(34)35-16-24-22-9-3-1-7-20(22)21-8-2-4-10-23(21)24/h1-4,7-10,17-19,24H,5-6,11-16H2,(H,29,34)(H,32,33)/t17-,18-,19+,28+/m1/s1. The number of benzene rings is 2. The molecule has 1 aliphatic heterocycles. The van der Waals surface area contributed by atoms with Gasteiger partial charge in [0.05, 0.1) is 0 Å². The number of hydrogen-bond acceptors (Lipinski definition) is 4. The Balaban J connectivity index is 1.05. The molecule has 1 saturated heterocycles. The Labute approximate surface area is 204 Å². The second kappa shape index (κ2) is 8.40. The van der Waals surface area contributed by atoms with Crippen LogP contribution < -0.4 is 5.32 Å². The monoisotopic (exact) mass is 474 g/mol. The van der Waals surface area contributed by atoms with Crippen molar-refractivity contribution in [2.24, 2.45) is 11.8 Å². The van der Waals surface area contributed by atoms with Crippen molar-refractivity contribution in [1.82, 2.24) is 10.2 Å². The lowest BCUT2D eigenvalue weighted by molar-refractivity contribution is -0.156. The van der Waals surface area contributed by atoms with Gasteiger partial charge in [0.2, 0.25) is 5.91 Å². The quantitative estimate of drug-likeness (QED) is 0.679. The lowest BCUT2D eigenvalue weighted by atomic mass is 9.98. The van der Waals surface area contributed by atoms with Crippen molar-refractivity contribution in [3.05, 3.63) is 59.7 Å². The average molecular weight is 475 g/mol. The zero-order valence-corrected chi connectivity index (χ0v) is 19.6. The van der Waals surface area contributed by atoms with Crippen molar-refractivity contribution in [1.29, 1.82) is 0 Å². The minimum Gasteiger partial charge on any atom is -0.479 e. The number of amides is 2. The number of carbonyl (C=O) groups excluding carboxylic acids is 2. The molecule has 3 fully saturated rings. The fourth-order valence-electron chi connectivity index (χ4n) is 6.73. The number of carboxylic acid groups (broad SMARTS) is 1. The molecule has 7 heteroatoms. The summed E-state index contributed by atoms with van der Waals surface area (Å²) in [4.78, 5) is 39.4. The number of nitrogens with one attached hydrogen (secondary N) is 1. The molecule has 7 nitrogen and oxygen atoms in total. The number of rotatable bonds is 5. The van der Waals surface area contributed by atoms with Gasteiger partial charge in [0, 0.05) is 24.4 Å². The highest BCUT2D eigenvalue weighted by Crippen LogP contribution is 2.55. The first-order valence-corrected chi connectivity index (χ1v) is 12.7. The van der Waals surface area contributed by atoms with Crippen LogP contribution in [0.1, 0.15) is 55.6 Å². The Morgan fingerprint density at radius 1 is 1.00 bits per heavy atom. The Hall–Kier alpha value is -3.35. The fraction of sp³-hybridized carbons (Fsp3) is 0.464. The molecule has 3 aliphatic carbocycles. The van der Waals surface area contributed by atoms with Crippen LogP contribution in [0.25, 0.3) is 11.1 Å². The summed E-state index contributed by atoms with van der Waals surface area (Å²) in [5, 5.41) is 12.7. The lowest BCUT2D eigenvalue weighted by Gasteiger charge is -2.35. The first-order chi connectivity index (χ1) is 17.0. The summed E-state index contributed by atoms with van der Waals surface area (Å²) in [6.07, 6.45) is 3.73. The number of nitrogens with zero attached hydrogens (tertiary/aromatic N) is 1. The number of likely N-dealkylation sites (tertiary alicyclic amines) is 1. The molecular formula is C28H30N2O5. The maximum absolute atomic E-state index is 13.2. The second-order valence-corrected chi connectivity index (χ2v) is 10.4. The molecule has 2 amide bonds. The van der Waals surface area contributed by atoms with Crippen molar-refractivity contribution < 1.29 is 24.2 Å². The van der Waals surface area contributed by atoms with E-state index in [4.69, 9.17) is 4.74 Å². The Bertz CT molecular complexity index is 1150. The fourth-order valence-corrected chi connectivity index (χ4v) is 6.73. The summed E-state index contributed by atoms with van der Waals surface area (Å²) >= 11 is 0. The van der Waals surface area contributed by atoms with Gasteiger partial charge in [-0.25, -0.2) is 9.59 Å². The van der Waals surface area contributed by atoms with Crippen LogP contribution >= 0.6 is 0 Å². The molecule has 182 valence electrons. The van der Waals surface area contributed by atoms with Crippen LogP contribution in [-0.2, 0) is 14.3 Å². The van der Waals surface area contributed by atoms with Gasteiger partial charge in [-0.2, -0.15) is 0 Å². The van der Waals surface area contributed by atoms with Crippen LogP contribution in [0, 0.1) is 11.8 Å². The van der Waals surface area contributed by atoms with E-state index in [2.05, 4.69) is 29.6 Å². The van der Waals surface area contributed by atoms with Crippen molar-refractivity contribution in [2.75, 3.05) is 13.2 Å². The van der Waals surface area contributed by atoms with Crippen LogP contribution in [-0.4, -0.2) is 52.7 Å². The molecule has 2 aromatic carbocycles. The summed E-state index contributed by atoms with van der Waals surface area (Å²) in [6.45, 7) is 0.772. The van der Waals surface area contributed by atoms with Crippen LogP contribution in [0.2, 0.25) is 0 Å². The van der Waals surface area contributed by atoms with E-state index in [9.17, 15) is 19.5 Å². The topological polar surface area (TPSA) is 95.9 Å². The van der Waals surface area contributed by atoms with Gasteiger partial charge in [0.25, 0.3) is 0 Å². The minimum absolute atomic E-state index is 0.00357. The molecule has 6 rings (SSSR count). The van der Waals surface area contributed by atoms with Crippen molar-refractivity contribution in [3.63, 3.8) is 0 Å². The first-order valence-electron chi connectivity index (χ1n) is 12.7. The maximum Gasteiger partial charge on any atom is 0.407 e. The van der Waals surface area contributed by atoms with Gasteiger partial charge in [-0.05, 0) is 66.7 Å². The van der Waals surface area contributed by atoms with E-state index in [0.29, 0.717) is 32.2 Å². The predicted octanol–water partition coefficient (Wildman–Crippen LogP) is 4.16. The average Bonchev–Trinajstić information content (AvgIpc) is 3.33. The van der Waals surface area contributed by atoms with Crippen LogP contribution in [0.15, 0.2) is 48.5 Å². The molecule has 4 atom stereocenters. The number of carboxylic acids is 1. The van der Waals surface area contributed by atoms with Crippen molar-refractivity contribution >= 4 is 18.0 Å². The van der Waals surface area contributed by atoms with E-state index in [1.54, 1.807) is 4.90 Å². The molecule has 0 spiro atoms. The normalized spacial score (nSPS) is 28.6. The molecule has 2 aromatic rings. The highest BCUT2D eigenvalue weighted by molar-refractivity contribution is 5.91. The summed E-state index contributed by atoms with van der Waals surface area (Å²) < 4.78 is 5.66. The minimum atomic E-state index is -0.979. The number of aliphatic carboxylic acids is 1. The van der Waals surface area contributed by atoms with Gasteiger partial charge in [-0.3, -0.25) is 4.79 Å². The SMILES string of the molecule is O=C(N[C@H]1CC[C@@H](C(=O)N2CCC[C@@H]3C[C@@]32C(=O)O)C1)OCC1c2ccccc2-c2ccccc21. The van der Waals surface area contributed by atoms with E-state index in [1.807, 2.05) is 24.3 Å². The van der Waals surface area contributed by atoms with E-state index in [-0.39, 0.29) is 36.3 Å². The third kappa shape index (κ3) is 3.60. The number of piperidine rings is 1. The first kappa shape index (κ1) is 22.1. The summed E-state index contributed by atoms with van der Waals surface area (Å²) in [7, 11) is 0. The number of hydrogen-bond donors (Lipinski definition) is 2. The van der Waals surface area contributed by atoms with Crippen LogP contribution in [0.3, 0.4) is 0 Å². The molecule has 0 unspecified atom stereocenters. The van der Waals surface area contributed by atoms with Gasteiger partial charge in [-0.15, -0.1) is 0 Å². The molecule has 2 saturated carbocycles. The van der Waals surface area contributed by atoms with E-state index < -0.39 is 17.6 Å². The Morgan fingerprint density at radius 3 is 2.37 bits per heavy atom. The maximum atomic E-state index is 13.2. The molecule has 0 aromatic heterocycles. The van der Waals surface area contributed by atoms with E-state index in [0.717, 1.165) is 12.8 Å². The third-order valence-electron chi connectivity index (χ3n) is 8.57. The molecule has 0 bridgehead atoms. The molecular weight excluding hydrogens is 444 g/mol. The van der Waals surface area contributed by atoms with Gasteiger partial charge < -0.3 is 20.1 Å². The summed E-state index contributed by atoms with van der Waals surface area (Å²) in [5.41, 5.74) is 3.72. The van der Waals surface area contributed by atoms with Gasteiger partial charge in [0.15, 0.2) is 0 Å². The zero-order chi connectivity index (χ0) is 24.2. The largest absolute Gasteiger partial charge is 0.479 e. The molecule has 2 N–H and O–H groups in total. The third-order valence-corrected chi connectivity index (χ3v) is 8.57. The molecule has 1 heterocycles. The second-order valence-electron chi connectivity index (χ2n) is 10.4. The number of alkyl carbamates (subject to hydrolysis) is 1. The van der Waals surface area contributed by atoms with Crippen LogP contribution in [0.4, 0.5) is 4.79 Å². The Kier molecular flexibility index (Phi) is 5.31. The number of fused-ring (bicyclic) bond motifs is 4. The molecule has 4 aliphatic rings. The lowest BCUT2D eigenvalue weighted by Crippen LogP contribution is -2.53. The predicted molar refractivity (Wildman–Crippen MR) is 129 cm³/mol.